The number of nitrogens with one attached hydrogen (secondary N) is 1. The van der Waals surface area contributed by atoms with Crippen LogP contribution in [-0.2, 0) is 11.2 Å². The van der Waals surface area contributed by atoms with E-state index < -0.39 is 0 Å². The monoisotopic (exact) mass is 326 g/mol. The average molecular weight is 327 g/mol. The molecule has 0 saturated heterocycles. The number of hydrogen-bond donors (Lipinski definition) is 1. The van der Waals surface area contributed by atoms with Gasteiger partial charge in [0.1, 0.15) is 0 Å². The van der Waals surface area contributed by atoms with Crippen LogP contribution < -0.4 is 5.32 Å². The molecule has 1 N–H and O–H groups in total. The molecule has 1 aliphatic rings. The maximum absolute atomic E-state index is 5.92. The molecule has 2 aromatic rings. The standard InChI is InChI=1S/C16H18N2O.2ClH/c1-17-11-15-16-12(7-9-19-15)4-2-6-14(16)13-5-3-8-18-10-13;;/h2-6,8,10,15,17H,7,9,11H2,1H3;2*1H. The van der Waals surface area contributed by atoms with E-state index in [0.29, 0.717) is 0 Å². The summed E-state index contributed by atoms with van der Waals surface area (Å²) in [5.41, 5.74) is 5.11. The molecule has 1 aromatic heterocycles. The number of pyridine rings is 1. The summed E-state index contributed by atoms with van der Waals surface area (Å²) < 4.78 is 5.92. The summed E-state index contributed by atoms with van der Waals surface area (Å²) in [5, 5.41) is 3.22. The Hall–Kier alpha value is -1.13. The molecule has 1 unspecified atom stereocenters. The molecule has 0 saturated carbocycles. The molecular weight excluding hydrogens is 307 g/mol. The molecule has 114 valence electrons. The number of halogens is 2. The van der Waals surface area contributed by atoms with Crippen LogP contribution in [0, 0.1) is 0 Å². The van der Waals surface area contributed by atoms with Crippen molar-refractivity contribution in [3.8, 4) is 11.1 Å². The zero-order chi connectivity index (χ0) is 13.1. The maximum atomic E-state index is 5.92. The van der Waals surface area contributed by atoms with Gasteiger partial charge in [0.05, 0.1) is 12.7 Å². The highest BCUT2D eigenvalue weighted by Crippen LogP contribution is 2.35. The van der Waals surface area contributed by atoms with Crippen LogP contribution in [0.15, 0.2) is 42.7 Å². The molecule has 0 bridgehead atoms. The molecule has 1 aliphatic heterocycles. The largest absolute Gasteiger partial charge is 0.372 e. The molecule has 1 aromatic carbocycles. The van der Waals surface area contributed by atoms with Crippen LogP contribution in [0.3, 0.4) is 0 Å². The van der Waals surface area contributed by atoms with Crippen molar-refractivity contribution < 1.29 is 4.74 Å². The lowest BCUT2D eigenvalue weighted by atomic mass is 9.89. The maximum Gasteiger partial charge on any atom is 0.0957 e. The molecule has 0 radical (unpaired) electrons. The van der Waals surface area contributed by atoms with Crippen LogP contribution in [-0.4, -0.2) is 25.2 Å². The topological polar surface area (TPSA) is 34.1 Å². The number of fused-ring (bicyclic) bond motifs is 1. The first-order chi connectivity index (χ1) is 9.40. The summed E-state index contributed by atoms with van der Waals surface area (Å²) in [7, 11) is 1.96. The summed E-state index contributed by atoms with van der Waals surface area (Å²) in [5.74, 6) is 0. The Morgan fingerprint density at radius 2 is 2.10 bits per heavy atom. The van der Waals surface area contributed by atoms with Gasteiger partial charge in [-0.2, -0.15) is 0 Å². The first kappa shape index (κ1) is 17.9. The molecule has 1 atom stereocenters. The number of hydrogen-bond acceptors (Lipinski definition) is 3. The Kier molecular flexibility index (Phi) is 7.12. The second-order valence-corrected chi connectivity index (χ2v) is 4.79. The third kappa shape index (κ3) is 3.74. The van der Waals surface area contributed by atoms with E-state index in [1.165, 1.54) is 16.7 Å². The Morgan fingerprint density at radius 3 is 2.81 bits per heavy atom. The van der Waals surface area contributed by atoms with Gasteiger partial charge < -0.3 is 10.1 Å². The number of aromatic nitrogens is 1. The summed E-state index contributed by atoms with van der Waals surface area (Å²) in [6.07, 6.45) is 4.84. The van der Waals surface area contributed by atoms with Crippen LogP contribution in [0.5, 0.6) is 0 Å². The number of likely N-dealkylation sites (N-methyl/N-ethyl adjacent to an activating group) is 1. The summed E-state index contributed by atoms with van der Waals surface area (Å²) in [6.45, 7) is 1.64. The first-order valence-electron chi connectivity index (χ1n) is 6.68. The van der Waals surface area contributed by atoms with E-state index in [0.717, 1.165) is 25.1 Å². The number of benzene rings is 1. The lowest BCUT2D eigenvalue weighted by molar-refractivity contribution is 0.0443. The van der Waals surface area contributed by atoms with Gasteiger partial charge in [-0.05, 0) is 36.2 Å². The van der Waals surface area contributed by atoms with Crippen molar-refractivity contribution in [1.29, 1.82) is 0 Å². The second-order valence-electron chi connectivity index (χ2n) is 4.79. The van der Waals surface area contributed by atoms with Gasteiger partial charge in [0, 0.05) is 24.5 Å². The Morgan fingerprint density at radius 1 is 1.24 bits per heavy atom. The summed E-state index contributed by atoms with van der Waals surface area (Å²) in [4.78, 5) is 4.22. The van der Waals surface area contributed by atoms with E-state index in [2.05, 4.69) is 34.6 Å². The predicted molar refractivity (Wildman–Crippen MR) is 90.5 cm³/mol. The van der Waals surface area contributed by atoms with E-state index in [4.69, 9.17) is 4.74 Å². The quantitative estimate of drug-likeness (QED) is 0.938. The van der Waals surface area contributed by atoms with Crippen LogP contribution in [0.4, 0.5) is 0 Å². The lowest BCUT2D eigenvalue weighted by Gasteiger charge is -2.28. The molecule has 5 heteroatoms. The van der Waals surface area contributed by atoms with Gasteiger partial charge in [-0.1, -0.05) is 24.3 Å². The van der Waals surface area contributed by atoms with Crippen LogP contribution in [0.25, 0.3) is 11.1 Å². The molecule has 0 aliphatic carbocycles. The highest BCUT2D eigenvalue weighted by molar-refractivity contribution is 5.85. The third-order valence-corrected chi connectivity index (χ3v) is 3.57. The van der Waals surface area contributed by atoms with Crippen molar-refractivity contribution in [2.24, 2.45) is 0 Å². The van der Waals surface area contributed by atoms with Gasteiger partial charge in [0.2, 0.25) is 0 Å². The molecule has 3 rings (SSSR count). The van der Waals surface area contributed by atoms with Gasteiger partial charge in [0.25, 0.3) is 0 Å². The van der Waals surface area contributed by atoms with Crippen LogP contribution >= 0.6 is 24.8 Å². The van der Waals surface area contributed by atoms with Crippen molar-refractivity contribution in [1.82, 2.24) is 10.3 Å². The minimum Gasteiger partial charge on any atom is -0.372 e. The van der Waals surface area contributed by atoms with Crippen LogP contribution in [0.2, 0.25) is 0 Å². The van der Waals surface area contributed by atoms with Crippen LogP contribution in [0.1, 0.15) is 17.2 Å². The van der Waals surface area contributed by atoms with Crippen molar-refractivity contribution in [2.45, 2.75) is 12.5 Å². The van der Waals surface area contributed by atoms with E-state index in [1.54, 1.807) is 6.20 Å². The summed E-state index contributed by atoms with van der Waals surface area (Å²) >= 11 is 0. The lowest BCUT2D eigenvalue weighted by Crippen LogP contribution is -2.25. The van der Waals surface area contributed by atoms with E-state index in [9.17, 15) is 0 Å². The zero-order valence-corrected chi connectivity index (χ0v) is 13.5. The van der Waals surface area contributed by atoms with Crippen molar-refractivity contribution in [3.05, 3.63) is 53.9 Å². The Bertz CT molecular complexity index is 563. The normalized spacial score (nSPS) is 16.3. The fraction of sp³-hybridized carbons (Fsp3) is 0.312. The minimum absolute atomic E-state index is 0. The highest BCUT2D eigenvalue weighted by atomic mass is 35.5. The second kappa shape index (κ2) is 8.35. The van der Waals surface area contributed by atoms with E-state index in [-0.39, 0.29) is 30.9 Å². The van der Waals surface area contributed by atoms with E-state index >= 15 is 0 Å². The number of ether oxygens (including phenoxy) is 1. The molecule has 3 nitrogen and oxygen atoms in total. The minimum atomic E-state index is 0. The molecule has 0 spiro atoms. The van der Waals surface area contributed by atoms with E-state index in [1.807, 2.05) is 19.3 Å². The predicted octanol–water partition coefficient (Wildman–Crippen LogP) is 3.43. The third-order valence-electron chi connectivity index (χ3n) is 3.57. The Labute approximate surface area is 137 Å². The molecule has 0 fully saturated rings. The molecule has 2 heterocycles. The zero-order valence-electron chi connectivity index (χ0n) is 11.9. The average Bonchev–Trinajstić information content (AvgIpc) is 2.48. The van der Waals surface area contributed by atoms with Gasteiger partial charge in [-0.3, -0.25) is 4.98 Å². The molecule has 0 amide bonds. The Balaban J connectivity index is 0.00000110. The SMILES string of the molecule is CNCC1OCCc2cccc(-c3cccnc3)c21.Cl.Cl. The molecular formula is C16H20Cl2N2O. The first-order valence-corrected chi connectivity index (χ1v) is 6.68. The smallest absolute Gasteiger partial charge is 0.0957 e. The summed E-state index contributed by atoms with van der Waals surface area (Å²) in [6, 6.07) is 10.6. The van der Waals surface area contributed by atoms with Crippen molar-refractivity contribution in [2.75, 3.05) is 20.2 Å². The van der Waals surface area contributed by atoms with Gasteiger partial charge in [-0.25, -0.2) is 0 Å². The van der Waals surface area contributed by atoms with Crippen molar-refractivity contribution >= 4 is 24.8 Å². The number of nitrogens with zero attached hydrogens (tertiary/aromatic N) is 1. The van der Waals surface area contributed by atoms with Gasteiger partial charge >= 0.3 is 0 Å². The van der Waals surface area contributed by atoms with Crippen molar-refractivity contribution in [3.63, 3.8) is 0 Å². The fourth-order valence-corrected chi connectivity index (χ4v) is 2.73. The number of rotatable bonds is 3. The van der Waals surface area contributed by atoms with Gasteiger partial charge in [0.15, 0.2) is 0 Å². The highest BCUT2D eigenvalue weighted by Gasteiger charge is 2.23. The fourth-order valence-electron chi connectivity index (χ4n) is 2.73. The molecule has 21 heavy (non-hydrogen) atoms. The van der Waals surface area contributed by atoms with Gasteiger partial charge in [-0.15, -0.1) is 24.8 Å².